The van der Waals surface area contributed by atoms with E-state index in [-0.39, 0.29) is 12.8 Å². The zero-order valence-electron chi connectivity index (χ0n) is 23.3. The zero-order valence-corrected chi connectivity index (χ0v) is 23.3. The van der Waals surface area contributed by atoms with Crippen molar-refractivity contribution in [1.29, 1.82) is 0 Å². The van der Waals surface area contributed by atoms with Crippen LogP contribution in [0, 0.1) is 0 Å². The Kier molecular flexibility index (Phi) is 11.5. The van der Waals surface area contributed by atoms with Crippen molar-refractivity contribution < 1.29 is 33.4 Å². The van der Waals surface area contributed by atoms with Crippen LogP contribution in [0.2, 0.25) is 0 Å². The van der Waals surface area contributed by atoms with Gasteiger partial charge in [0.15, 0.2) is 0 Å². The molecule has 0 aromatic heterocycles. The zero-order chi connectivity index (χ0) is 29.3. The molecule has 210 valence electrons. The minimum atomic E-state index is -1.24. The summed E-state index contributed by atoms with van der Waals surface area (Å²) in [5.74, 6) is -2.63. The van der Waals surface area contributed by atoms with E-state index in [1.807, 2.05) is 0 Å². The molecule has 0 bridgehead atoms. The number of esters is 1. The molecule has 2 unspecified atom stereocenters. The second kappa shape index (κ2) is 13.6. The van der Waals surface area contributed by atoms with Crippen molar-refractivity contribution in [1.82, 2.24) is 15.5 Å². The molecule has 0 spiro atoms. The minimum absolute atomic E-state index is 0.122. The lowest BCUT2D eigenvalue weighted by Crippen LogP contribution is -2.59. The Labute approximate surface area is 224 Å². The van der Waals surface area contributed by atoms with E-state index in [1.54, 1.807) is 71.9 Å². The number of nitrogens with zero attached hydrogens (tertiary/aromatic N) is 1. The average molecular weight is 533 g/mol. The topological polar surface area (TPSA) is 157 Å². The van der Waals surface area contributed by atoms with Crippen LogP contribution in [0.25, 0.3) is 6.08 Å². The van der Waals surface area contributed by atoms with Crippen LogP contribution in [0.3, 0.4) is 0 Å². The molecular formula is C27H40N4O7. The highest BCUT2D eigenvalue weighted by Crippen LogP contribution is 2.31. The molecule has 0 aliphatic heterocycles. The van der Waals surface area contributed by atoms with Crippen LogP contribution < -0.4 is 16.4 Å². The maximum atomic E-state index is 14.1. The molecule has 0 fully saturated rings. The van der Waals surface area contributed by atoms with Gasteiger partial charge in [-0.2, -0.15) is 0 Å². The SMILES string of the molecule is C=Cc1cccc(C(C(=O)NCC(=O)OC)N(C(=O)C(CCC(N)=O)NC(=O)OC(C)(C)C)C(C)(C)C)c1. The van der Waals surface area contributed by atoms with Crippen molar-refractivity contribution >= 4 is 35.9 Å². The Morgan fingerprint density at radius 1 is 1.11 bits per heavy atom. The van der Waals surface area contributed by atoms with Gasteiger partial charge in [-0.15, -0.1) is 0 Å². The van der Waals surface area contributed by atoms with Crippen LogP contribution in [0.4, 0.5) is 4.79 Å². The van der Waals surface area contributed by atoms with Gasteiger partial charge in [-0.1, -0.05) is 30.9 Å². The highest BCUT2D eigenvalue weighted by atomic mass is 16.6. The fourth-order valence-electron chi connectivity index (χ4n) is 3.61. The van der Waals surface area contributed by atoms with Crippen molar-refractivity contribution in [2.45, 2.75) is 77.6 Å². The molecule has 1 rings (SSSR count). The van der Waals surface area contributed by atoms with Gasteiger partial charge in [-0.25, -0.2) is 4.79 Å². The summed E-state index contributed by atoms with van der Waals surface area (Å²) < 4.78 is 9.93. The Balaban J connectivity index is 3.62. The molecule has 38 heavy (non-hydrogen) atoms. The molecule has 0 saturated heterocycles. The summed E-state index contributed by atoms with van der Waals surface area (Å²) in [4.78, 5) is 64.8. The molecule has 1 aromatic rings. The van der Waals surface area contributed by atoms with Crippen molar-refractivity contribution in [3.8, 4) is 0 Å². The monoisotopic (exact) mass is 532 g/mol. The predicted molar refractivity (Wildman–Crippen MR) is 142 cm³/mol. The number of benzene rings is 1. The highest BCUT2D eigenvalue weighted by molar-refractivity contribution is 5.94. The van der Waals surface area contributed by atoms with Gasteiger partial charge in [0.1, 0.15) is 24.2 Å². The van der Waals surface area contributed by atoms with Gasteiger partial charge in [0.05, 0.1) is 7.11 Å². The number of carbonyl (C=O) groups excluding carboxylic acids is 5. The average Bonchev–Trinajstić information content (AvgIpc) is 2.80. The maximum Gasteiger partial charge on any atom is 0.408 e. The molecule has 4 amide bonds. The molecule has 0 radical (unpaired) electrons. The molecule has 4 N–H and O–H groups in total. The van der Waals surface area contributed by atoms with E-state index < -0.39 is 59.6 Å². The Hall–Kier alpha value is -3.89. The van der Waals surface area contributed by atoms with Gasteiger partial charge in [0.2, 0.25) is 17.7 Å². The van der Waals surface area contributed by atoms with Crippen LogP contribution in [-0.4, -0.2) is 65.5 Å². The largest absolute Gasteiger partial charge is 0.468 e. The summed E-state index contributed by atoms with van der Waals surface area (Å²) in [5.41, 5.74) is 4.66. The van der Waals surface area contributed by atoms with E-state index in [9.17, 15) is 24.0 Å². The van der Waals surface area contributed by atoms with Gasteiger partial charge in [0, 0.05) is 12.0 Å². The maximum absolute atomic E-state index is 14.1. The summed E-state index contributed by atoms with van der Waals surface area (Å²) in [6.07, 6.45) is 0.406. The lowest BCUT2D eigenvalue weighted by Gasteiger charge is -2.43. The van der Waals surface area contributed by atoms with Gasteiger partial charge in [0.25, 0.3) is 0 Å². The molecule has 0 aliphatic rings. The fourth-order valence-corrected chi connectivity index (χ4v) is 3.61. The number of carbonyl (C=O) groups is 5. The number of rotatable bonds is 11. The molecule has 0 heterocycles. The van der Waals surface area contributed by atoms with E-state index in [4.69, 9.17) is 10.5 Å². The number of ether oxygens (including phenoxy) is 2. The van der Waals surface area contributed by atoms with Crippen molar-refractivity contribution in [3.63, 3.8) is 0 Å². The van der Waals surface area contributed by atoms with Crippen LogP contribution in [0.1, 0.15) is 71.6 Å². The summed E-state index contributed by atoms with van der Waals surface area (Å²) in [7, 11) is 1.19. The minimum Gasteiger partial charge on any atom is -0.468 e. The van der Waals surface area contributed by atoms with E-state index in [1.165, 1.54) is 12.0 Å². The van der Waals surface area contributed by atoms with Gasteiger partial charge >= 0.3 is 12.1 Å². The van der Waals surface area contributed by atoms with Crippen LogP contribution in [0.5, 0.6) is 0 Å². The van der Waals surface area contributed by atoms with Crippen molar-refractivity contribution in [2.75, 3.05) is 13.7 Å². The van der Waals surface area contributed by atoms with Crippen LogP contribution >= 0.6 is 0 Å². The third-order valence-corrected chi connectivity index (χ3v) is 5.23. The first-order chi connectivity index (χ1) is 17.5. The van der Waals surface area contributed by atoms with Gasteiger partial charge in [-0.05, 0) is 65.2 Å². The third kappa shape index (κ3) is 10.2. The Morgan fingerprint density at radius 2 is 1.74 bits per heavy atom. The quantitative estimate of drug-likeness (QED) is 0.369. The first-order valence-electron chi connectivity index (χ1n) is 12.2. The smallest absolute Gasteiger partial charge is 0.408 e. The molecule has 11 nitrogen and oxygen atoms in total. The predicted octanol–water partition coefficient (Wildman–Crippen LogP) is 2.45. The molecule has 2 atom stereocenters. The third-order valence-electron chi connectivity index (χ3n) is 5.23. The number of nitrogens with one attached hydrogen (secondary N) is 2. The summed E-state index contributed by atoms with van der Waals surface area (Å²) >= 11 is 0. The molecule has 0 saturated carbocycles. The van der Waals surface area contributed by atoms with Crippen LogP contribution in [0.15, 0.2) is 30.8 Å². The number of nitrogens with two attached hydrogens (primary N) is 1. The van der Waals surface area contributed by atoms with Crippen LogP contribution in [-0.2, 0) is 28.7 Å². The van der Waals surface area contributed by atoms with Gasteiger partial charge < -0.3 is 30.7 Å². The molecule has 1 aromatic carbocycles. The Morgan fingerprint density at radius 3 is 2.24 bits per heavy atom. The number of amides is 4. The second-order valence-corrected chi connectivity index (χ2v) is 10.7. The number of hydrogen-bond donors (Lipinski definition) is 3. The van der Waals surface area contributed by atoms with Gasteiger partial charge in [-0.3, -0.25) is 19.2 Å². The normalized spacial score (nSPS) is 12.9. The lowest BCUT2D eigenvalue weighted by atomic mass is 9.93. The summed E-state index contributed by atoms with van der Waals surface area (Å²) in [6, 6.07) is 4.39. The van der Waals surface area contributed by atoms with E-state index in [2.05, 4.69) is 21.9 Å². The molecular weight excluding hydrogens is 492 g/mol. The Bertz CT molecular complexity index is 1040. The number of alkyl carbamates (subject to hydrolysis) is 1. The highest BCUT2D eigenvalue weighted by Gasteiger charge is 2.42. The number of methoxy groups -OCH3 is 1. The first kappa shape index (κ1) is 32.1. The van der Waals surface area contributed by atoms with E-state index >= 15 is 0 Å². The van der Waals surface area contributed by atoms with Crippen molar-refractivity contribution in [3.05, 3.63) is 42.0 Å². The summed E-state index contributed by atoms with van der Waals surface area (Å²) in [6.45, 7) is 13.5. The number of hydrogen-bond acceptors (Lipinski definition) is 7. The summed E-state index contributed by atoms with van der Waals surface area (Å²) in [5, 5.41) is 5.04. The fraction of sp³-hybridized carbons (Fsp3) is 0.519. The molecule has 11 heteroatoms. The van der Waals surface area contributed by atoms with E-state index in [0.29, 0.717) is 11.1 Å². The second-order valence-electron chi connectivity index (χ2n) is 10.7. The first-order valence-corrected chi connectivity index (χ1v) is 12.2. The number of primary amides is 1. The standard InChI is InChI=1S/C27H40N4O7/c1-9-17-11-10-12-18(15-17)22(23(34)29-16-21(33)37-8)31(26(2,3)4)24(35)19(13-14-20(28)32)30-25(36)38-27(5,6)7/h9-12,15,19,22H,1,13-14,16H2,2-8H3,(H2,28,32)(H,29,34)(H,30,36). The lowest BCUT2D eigenvalue weighted by molar-refractivity contribution is -0.149. The molecule has 0 aliphatic carbocycles. The van der Waals surface area contributed by atoms with Crippen molar-refractivity contribution in [2.24, 2.45) is 5.73 Å². The van der Waals surface area contributed by atoms with E-state index in [0.717, 1.165) is 0 Å².